The number of ether oxygens (including phenoxy) is 2. The summed E-state index contributed by atoms with van der Waals surface area (Å²) in [6, 6.07) is 7.37. The number of nitrogens with one attached hydrogen (secondary N) is 1. The van der Waals surface area contributed by atoms with Crippen LogP contribution in [0.5, 0.6) is 11.5 Å². The van der Waals surface area contributed by atoms with E-state index in [2.05, 4.69) is 19.9 Å². The van der Waals surface area contributed by atoms with Gasteiger partial charge in [0.15, 0.2) is 18.4 Å². The maximum Gasteiger partial charge on any atom is 0.422 e. The summed E-state index contributed by atoms with van der Waals surface area (Å²) in [6.07, 6.45) is -6.53. The smallest absolute Gasteiger partial charge is 0.422 e. The minimum Gasteiger partial charge on any atom is -0.484 e. The van der Waals surface area contributed by atoms with Gasteiger partial charge in [-0.15, -0.1) is 0 Å². The second kappa shape index (κ2) is 12.1. The number of para-hydroxylation sites is 1. The molecule has 4 aromatic rings. The Kier molecular flexibility index (Phi) is 9.01. The summed E-state index contributed by atoms with van der Waals surface area (Å²) in [5.41, 5.74) is 1.83. The van der Waals surface area contributed by atoms with Crippen molar-refractivity contribution in [2.75, 3.05) is 13.2 Å². The Morgan fingerprint density at radius 2 is 1.29 bits per heavy atom. The van der Waals surface area contributed by atoms with E-state index in [9.17, 15) is 34.8 Å². The van der Waals surface area contributed by atoms with Crippen LogP contribution in [0.15, 0.2) is 52.8 Å². The Bertz CT molecular complexity index is 1610. The molecule has 16 heteroatoms. The Morgan fingerprint density at radius 1 is 0.780 bits per heavy atom. The fourth-order valence-corrected chi connectivity index (χ4v) is 6.10. The van der Waals surface area contributed by atoms with Crippen LogP contribution in [0.25, 0.3) is 11.0 Å². The predicted octanol–water partition coefficient (Wildman–Crippen LogP) is 5.47. The molecule has 4 rings (SSSR count). The molecule has 0 bridgehead atoms. The maximum absolute atomic E-state index is 13.3. The third kappa shape index (κ3) is 7.81. The molecule has 41 heavy (non-hydrogen) atoms. The number of halogens is 6. The zero-order valence-electron chi connectivity index (χ0n) is 21.4. The number of nitrogens with zero attached hydrogens (tertiary/aromatic N) is 3. The standard InChI is InChI=1S/C25H22F6N4O4S2/c1-14-17(32-8-6-19(14)38-12-24(26,27)28)10-40(36)21-5-3-4-16-22(21)35-23(34-16)41(37)11-18-15(2)20(7-9-33-18)39-13-25(29,30)31/h3-9H,10-13H2,1-2H3,(H,34,35). The zero-order valence-corrected chi connectivity index (χ0v) is 23.1. The number of rotatable bonds is 10. The molecule has 220 valence electrons. The lowest BCUT2D eigenvalue weighted by atomic mass is 10.2. The molecule has 0 aliphatic heterocycles. The third-order valence-corrected chi connectivity index (χ3v) is 8.27. The largest absolute Gasteiger partial charge is 0.484 e. The topological polar surface area (TPSA) is 107 Å². The van der Waals surface area contributed by atoms with E-state index in [1.165, 1.54) is 38.4 Å². The van der Waals surface area contributed by atoms with Gasteiger partial charge in [0.2, 0.25) is 0 Å². The highest BCUT2D eigenvalue weighted by atomic mass is 32.2. The fourth-order valence-electron chi connectivity index (χ4n) is 3.71. The van der Waals surface area contributed by atoms with E-state index in [-0.39, 0.29) is 50.0 Å². The van der Waals surface area contributed by atoms with Crippen LogP contribution < -0.4 is 9.47 Å². The average Bonchev–Trinajstić information content (AvgIpc) is 3.33. The van der Waals surface area contributed by atoms with Gasteiger partial charge in [0, 0.05) is 23.5 Å². The number of aromatic nitrogens is 4. The molecule has 2 atom stereocenters. The van der Waals surface area contributed by atoms with Gasteiger partial charge in [0.25, 0.3) is 0 Å². The maximum atomic E-state index is 13.3. The summed E-state index contributed by atoms with van der Waals surface area (Å²) in [5.74, 6) is -0.394. The van der Waals surface area contributed by atoms with Gasteiger partial charge < -0.3 is 14.5 Å². The van der Waals surface area contributed by atoms with Crippen LogP contribution in [0.2, 0.25) is 0 Å². The van der Waals surface area contributed by atoms with E-state index in [4.69, 9.17) is 9.47 Å². The quantitative estimate of drug-likeness (QED) is 0.235. The number of benzene rings is 1. The first-order valence-corrected chi connectivity index (χ1v) is 14.4. The first-order chi connectivity index (χ1) is 19.2. The van der Waals surface area contributed by atoms with Crippen molar-refractivity contribution in [2.24, 2.45) is 0 Å². The van der Waals surface area contributed by atoms with Crippen molar-refractivity contribution in [3.63, 3.8) is 0 Å². The van der Waals surface area contributed by atoms with Gasteiger partial charge in [-0.2, -0.15) is 26.3 Å². The number of hydrogen-bond acceptors (Lipinski definition) is 7. The highest BCUT2D eigenvalue weighted by Gasteiger charge is 2.30. The van der Waals surface area contributed by atoms with Crippen LogP contribution in [0.3, 0.4) is 0 Å². The summed E-state index contributed by atoms with van der Waals surface area (Å²) in [5, 5.41) is 0.0316. The molecule has 3 heterocycles. The third-order valence-electron chi connectivity index (χ3n) is 5.75. The van der Waals surface area contributed by atoms with Crippen molar-refractivity contribution in [3.05, 3.63) is 65.2 Å². The molecular weight excluding hydrogens is 598 g/mol. The number of fused-ring (bicyclic) bond motifs is 1. The summed E-state index contributed by atoms with van der Waals surface area (Å²) in [4.78, 5) is 15.8. The fraction of sp³-hybridized carbons (Fsp3) is 0.320. The summed E-state index contributed by atoms with van der Waals surface area (Å²) < 4.78 is 112. The Morgan fingerprint density at radius 3 is 1.80 bits per heavy atom. The van der Waals surface area contributed by atoms with Crippen molar-refractivity contribution >= 4 is 32.6 Å². The van der Waals surface area contributed by atoms with Gasteiger partial charge in [-0.25, -0.2) is 4.98 Å². The number of aromatic amines is 1. The van der Waals surface area contributed by atoms with E-state index in [0.29, 0.717) is 16.6 Å². The van der Waals surface area contributed by atoms with E-state index in [1.807, 2.05) is 0 Å². The molecule has 8 nitrogen and oxygen atoms in total. The molecule has 1 N–H and O–H groups in total. The normalized spacial score (nSPS) is 13.8. The number of imidazole rings is 1. The van der Waals surface area contributed by atoms with E-state index >= 15 is 0 Å². The van der Waals surface area contributed by atoms with Crippen molar-refractivity contribution < 1.29 is 44.2 Å². The van der Waals surface area contributed by atoms with Gasteiger partial charge >= 0.3 is 12.4 Å². The van der Waals surface area contributed by atoms with Crippen LogP contribution in [0.4, 0.5) is 26.3 Å². The van der Waals surface area contributed by atoms with Crippen molar-refractivity contribution in [1.29, 1.82) is 0 Å². The number of H-pyrrole nitrogens is 1. The lowest BCUT2D eigenvalue weighted by molar-refractivity contribution is -0.154. The molecule has 0 saturated heterocycles. The SMILES string of the molecule is Cc1c(OCC(F)(F)F)ccnc1CS(=O)c1nc2c(S(=O)Cc3nccc(OCC(F)(F)F)c3C)cccc2[nH]1. The minimum absolute atomic E-state index is 0.0308. The summed E-state index contributed by atoms with van der Waals surface area (Å²) >= 11 is 0. The molecule has 1 aromatic carbocycles. The Labute approximate surface area is 234 Å². The van der Waals surface area contributed by atoms with Crippen molar-refractivity contribution in [2.45, 2.75) is 47.8 Å². The molecule has 0 fully saturated rings. The predicted molar refractivity (Wildman–Crippen MR) is 137 cm³/mol. The van der Waals surface area contributed by atoms with Crippen LogP contribution in [-0.2, 0) is 33.1 Å². The first kappa shape index (κ1) is 30.4. The Balaban J connectivity index is 1.53. The van der Waals surface area contributed by atoms with Crippen molar-refractivity contribution in [1.82, 2.24) is 19.9 Å². The van der Waals surface area contributed by atoms with Crippen molar-refractivity contribution in [3.8, 4) is 11.5 Å². The number of alkyl halides is 6. The summed E-state index contributed by atoms with van der Waals surface area (Å²) in [6.45, 7) is 0.0573. The van der Waals surface area contributed by atoms with E-state index in [0.717, 1.165) is 0 Å². The van der Waals surface area contributed by atoms with Gasteiger partial charge in [0.1, 0.15) is 17.0 Å². The van der Waals surface area contributed by atoms with Gasteiger partial charge in [-0.1, -0.05) is 6.07 Å². The second-order valence-electron chi connectivity index (χ2n) is 8.74. The van der Waals surface area contributed by atoms with E-state index in [1.54, 1.807) is 18.2 Å². The van der Waals surface area contributed by atoms with Gasteiger partial charge in [0.05, 0.1) is 54.9 Å². The highest BCUT2D eigenvalue weighted by molar-refractivity contribution is 7.84. The van der Waals surface area contributed by atoms with Crippen LogP contribution in [-0.4, -0.2) is 53.9 Å². The molecular formula is C25H22F6N4O4S2. The van der Waals surface area contributed by atoms with Gasteiger partial charge in [-0.3, -0.25) is 18.4 Å². The number of hydrogen-bond donors (Lipinski definition) is 1. The molecule has 0 aliphatic rings. The lowest BCUT2D eigenvalue weighted by Crippen LogP contribution is -2.20. The Hall–Kier alpha value is -3.53. The zero-order chi connectivity index (χ0) is 29.9. The highest BCUT2D eigenvalue weighted by Crippen LogP contribution is 2.28. The second-order valence-corrected chi connectivity index (χ2v) is 11.5. The molecule has 2 unspecified atom stereocenters. The molecule has 0 radical (unpaired) electrons. The summed E-state index contributed by atoms with van der Waals surface area (Å²) in [7, 11) is -3.55. The molecule has 0 saturated carbocycles. The number of pyridine rings is 2. The monoisotopic (exact) mass is 620 g/mol. The van der Waals surface area contributed by atoms with Crippen LogP contribution >= 0.6 is 0 Å². The molecule has 3 aromatic heterocycles. The molecule has 0 spiro atoms. The molecule has 0 aliphatic carbocycles. The van der Waals surface area contributed by atoms with Gasteiger partial charge in [-0.05, 0) is 38.1 Å². The molecule has 0 amide bonds. The first-order valence-electron chi connectivity index (χ1n) is 11.8. The van der Waals surface area contributed by atoms with E-state index < -0.39 is 47.2 Å². The average molecular weight is 621 g/mol. The van der Waals surface area contributed by atoms with Crippen LogP contribution in [0.1, 0.15) is 22.5 Å². The minimum atomic E-state index is -4.52. The lowest BCUT2D eigenvalue weighted by Gasteiger charge is -2.13. The van der Waals surface area contributed by atoms with Crippen LogP contribution in [0, 0.1) is 13.8 Å².